The van der Waals surface area contributed by atoms with Gasteiger partial charge in [-0.05, 0) is 72.8 Å². The number of nitrogens with two attached hydrogens (primary N) is 1. The average Bonchev–Trinajstić information content (AvgIpc) is 2.67. The summed E-state index contributed by atoms with van der Waals surface area (Å²) in [5, 5.41) is 25.3. The predicted molar refractivity (Wildman–Crippen MR) is 99.0 cm³/mol. The maximum absolute atomic E-state index is 10.8. The molecular formula is C19H15N5O2. The van der Waals surface area contributed by atoms with Gasteiger partial charge in [0, 0.05) is 5.69 Å². The molecule has 7 heteroatoms. The van der Waals surface area contributed by atoms with Gasteiger partial charge in [0.25, 0.3) is 0 Å². The van der Waals surface area contributed by atoms with Gasteiger partial charge >= 0.3 is 5.97 Å². The summed E-state index contributed by atoms with van der Waals surface area (Å²) in [6.07, 6.45) is 0. The molecule has 0 saturated heterocycles. The fourth-order valence-corrected chi connectivity index (χ4v) is 2.03. The van der Waals surface area contributed by atoms with Crippen molar-refractivity contribution in [1.29, 1.82) is 0 Å². The van der Waals surface area contributed by atoms with Gasteiger partial charge in [-0.25, -0.2) is 4.79 Å². The smallest absolute Gasteiger partial charge is 0.335 e. The number of aromatic carboxylic acids is 1. The Kier molecular flexibility index (Phi) is 5.09. The third-order valence-corrected chi connectivity index (χ3v) is 3.42. The van der Waals surface area contributed by atoms with Crippen LogP contribution in [0.2, 0.25) is 0 Å². The van der Waals surface area contributed by atoms with E-state index in [1.54, 1.807) is 60.7 Å². The van der Waals surface area contributed by atoms with E-state index < -0.39 is 5.97 Å². The minimum absolute atomic E-state index is 0.208. The first-order valence-corrected chi connectivity index (χ1v) is 7.72. The molecule has 0 heterocycles. The van der Waals surface area contributed by atoms with Gasteiger partial charge in [0.15, 0.2) is 0 Å². The zero-order chi connectivity index (χ0) is 18.4. The van der Waals surface area contributed by atoms with Gasteiger partial charge in [-0.1, -0.05) is 0 Å². The first-order chi connectivity index (χ1) is 12.6. The van der Waals surface area contributed by atoms with Crippen LogP contribution in [0.3, 0.4) is 0 Å². The van der Waals surface area contributed by atoms with Crippen LogP contribution >= 0.6 is 0 Å². The number of benzene rings is 3. The van der Waals surface area contributed by atoms with Crippen LogP contribution < -0.4 is 5.73 Å². The van der Waals surface area contributed by atoms with Crippen LogP contribution in [-0.4, -0.2) is 11.1 Å². The number of carboxylic acids is 1. The first kappa shape index (κ1) is 17.0. The van der Waals surface area contributed by atoms with Crippen LogP contribution in [0.25, 0.3) is 0 Å². The van der Waals surface area contributed by atoms with Gasteiger partial charge in [0.05, 0.1) is 28.3 Å². The molecule has 128 valence electrons. The standard InChI is InChI=1S/C19H15N5O2/c20-14-3-7-16(8-4-14)22-24-18-11-9-17(10-12-18)23-21-15-5-1-13(2-6-15)19(25)26/h1-12H,20H2,(H,25,26). The molecule has 26 heavy (non-hydrogen) atoms. The quantitative estimate of drug-likeness (QED) is 0.450. The Labute approximate surface area is 149 Å². The van der Waals surface area contributed by atoms with Crippen LogP contribution in [0.1, 0.15) is 10.4 Å². The third-order valence-electron chi connectivity index (χ3n) is 3.42. The Balaban J connectivity index is 1.65. The van der Waals surface area contributed by atoms with Crippen molar-refractivity contribution in [3.63, 3.8) is 0 Å². The number of hydrogen-bond acceptors (Lipinski definition) is 6. The molecule has 0 saturated carbocycles. The Morgan fingerprint density at radius 1 is 0.615 bits per heavy atom. The van der Waals surface area contributed by atoms with E-state index in [1.165, 1.54) is 12.1 Å². The summed E-state index contributed by atoms with van der Waals surface area (Å²) in [6, 6.07) is 20.4. The highest BCUT2D eigenvalue weighted by molar-refractivity contribution is 5.87. The van der Waals surface area contributed by atoms with Crippen molar-refractivity contribution in [2.24, 2.45) is 20.5 Å². The zero-order valence-corrected chi connectivity index (χ0v) is 13.6. The largest absolute Gasteiger partial charge is 0.478 e. The molecule has 0 fully saturated rings. The molecule has 0 aliphatic heterocycles. The van der Waals surface area contributed by atoms with E-state index in [-0.39, 0.29) is 5.56 Å². The van der Waals surface area contributed by atoms with Crippen LogP contribution in [0.4, 0.5) is 28.4 Å². The zero-order valence-electron chi connectivity index (χ0n) is 13.6. The fourth-order valence-electron chi connectivity index (χ4n) is 2.03. The van der Waals surface area contributed by atoms with Gasteiger partial charge < -0.3 is 10.8 Å². The molecule has 3 rings (SSSR count). The van der Waals surface area contributed by atoms with E-state index in [1.807, 2.05) is 0 Å². The minimum Gasteiger partial charge on any atom is -0.478 e. The molecule has 0 aliphatic carbocycles. The van der Waals surface area contributed by atoms with Crippen molar-refractivity contribution in [2.45, 2.75) is 0 Å². The molecule has 0 aromatic heterocycles. The molecule has 0 atom stereocenters. The van der Waals surface area contributed by atoms with Crippen molar-refractivity contribution >= 4 is 34.4 Å². The molecule has 0 aliphatic rings. The van der Waals surface area contributed by atoms with E-state index in [9.17, 15) is 4.79 Å². The maximum atomic E-state index is 10.8. The molecule has 3 N–H and O–H groups in total. The highest BCUT2D eigenvalue weighted by Crippen LogP contribution is 2.23. The van der Waals surface area contributed by atoms with Gasteiger partial charge in [-0.2, -0.15) is 20.5 Å². The van der Waals surface area contributed by atoms with E-state index in [2.05, 4.69) is 20.5 Å². The van der Waals surface area contributed by atoms with Gasteiger partial charge in [-0.3, -0.25) is 0 Å². The monoisotopic (exact) mass is 345 g/mol. The summed E-state index contributed by atoms with van der Waals surface area (Å²) < 4.78 is 0. The number of rotatable bonds is 5. The number of anilines is 1. The minimum atomic E-state index is -0.975. The summed E-state index contributed by atoms with van der Waals surface area (Å²) in [4.78, 5) is 10.8. The van der Waals surface area contributed by atoms with Gasteiger partial charge in [0.1, 0.15) is 0 Å². The van der Waals surface area contributed by atoms with Crippen LogP contribution in [0, 0.1) is 0 Å². The normalized spacial score (nSPS) is 11.2. The van der Waals surface area contributed by atoms with Crippen molar-refractivity contribution in [3.05, 3.63) is 78.4 Å². The van der Waals surface area contributed by atoms with Crippen molar-refractivity contribution < 1.29 is 9.90 Å². The number of hydrogen-bond donors (Lipinski definition) is 2. The molecule has 0 unspecified atom stereocenters. The second-order valence-electron chi connectivity index (χ2n) is 5.36. The average molecular weight is 345 g/mol. The Bertz CT molecular complexity index is 947. The molecule has 0 amide bonds. The maximum Gasteiger partial charge on any atom is 0.335 e. The Morgan fingerprint density at radius 2 is 0.923 bits per heavy atom. The summed E-state index contributed by atoms with van der Waals surface area (Å²) >= 11 is 0. The Hall–Kier alpha value is -3.87. The number of carboxylic acid groups (broad SMARTS) is 1. The lowest BCUT2D eigenvalue weighted by atomic mass is 10.2. The van der Waals surface area contributed by atoms with E-state index >= 15 is 0 Å². The van der Waals surface area contributed by atoms with Crippen LogP contribution in [0.5, 0.6) is 0 Å². The predicted octanol–water partition coefficient (Wildman–Crippen LogP) is 5.80. The van der Waals surface area contributed by atoms with E-state index in [4.69, 9.17) is 10.8 Å². The molecule has 0 spiro atoms. The van der Waals surface area contributed by atoms with Gasteiger partial charge in [0.2, 0.25) is 0 Å². The molecule has 0 bridgehead atoms. The van der Waals surface area contributed by atoms with Gasteiger partial charge in [-0.15, -0.1) is 0 Å². The molecule has 3 aromatic carbocycles. The summed E-state index contributed by atoms with van der Waals surface area (Å²) in [6.45, 7) is 0. The topological polar surface area (TPSA) is 113 Å². The second kappa shape index (κ2) is 7.80. The van der Waals surface area contributed by atoms with Crippen molar-refractivity contribution in [1.82, 2.24) is 0 Å². The molecular weight excluding hydrogens is 330 g/mol. The number of nitrogen functional groups attached to an aromatic ring is 1. The SMILES string of the molecule is Nc1ccc(N=Nc2ccc(N=Nc3ccc(C(=O)O)cc3)cc2)cc1. The van der Waals surface area contributed by atoms with E-state index in [0.29, 0.717) is 28.4 Å². The molecule has 3 aromatic rings. The third kappa shape index (κ3) is 4.57. The molecule has 7 nitrogen and oxygen atoms in total. The van der Waals surface area contributed by atoms with E-state index in [0.717, 1.165) is 0 Å². The highest BCUT2D eigenvalue weighted by Gasteiger charge is 2.01. The van der Waals surface area contributed by atoms with Crippen molar-refractivity contribution in [3.8, 4) is 0 Å². The van der Waals surface area contributed by atoms with Crippen molar-refractivity contribution in [2.75, 3.05) is 5.73 Å². The number of azo groups is 2. The number of nitrogens with zero attached hydrogens (tertiary/aromatic N) is 4. The highest BCUT2D eigenvalue weighted by atomic mass is 16.4. The second-order valence-corrected chi connectivity index (χ2v) is 5.36. The lowest BCUT2D eigenvalue weighted by Gasteiger charge is -1.97. The van der Waals surface area contributed by atoms with Crippen LogP contribution in [0.15, 0.2) is 93.3 Å². The first-order valence-electron chi connectivity index (χ1n) is 7.72. The summed E-state index contributed by atoms with van der Waals surface area (Å²) in [5.74, 6) is -0.975. The summed E-state index contributed by atoms with van der Waals surface area (Å²) in [5.41, 5.74) is 9.13. The van der Waals surface area contributed by atoms with Crippen LogP contribution in [-0.2, 0) is 0 Å². The summed E-state index contributed by atoms with van der Waals surface area (Å²) in [7, 11) is 0. The fraction of sp³-hybridized carbons (Fsp3) is 0. The molecule has 0 radical (unpaired) electrons. The lowest BCUT2D eigenvalue weighted by Crippen LogP contribution is -1.93. The lowest BCUT2D eigenvalue weighted by molar-refractivity contribution is 0.0697. The Morgan fingerprint density at radius 3 is 1.27 bits per heavy atom. The number of carbonyl (C=O) groups is 1.